The molecule has 0 heterocycles. The molecule has 0 spiro atoms. The smallest absolute Gasteiger partial charge is 0.240 e. The van der Waals surface area contributed by atoms with Crippen molar-refractivity contribution in [2.24, 2.45) is 0 Å². The summed E-state index contributed by atoms with van der Waals surface area (Å²) < 4.78 is 32.2. The van der Waals surface area contributed by atoms with Crippen LogP contribution in [-0.2, 0) is 21.4 Å². The zero-order chi connectivity index (χ0) is 13.2. The molecule has 0 radical (unpaired) electrons. The quantitative estimate of drug-likeness (QED) is 0.860. The van der Waals surface area contributed by atoms with Gasteiger partial charge in [0.25, 0.3) is 0 Å². The molecule has 1 aromatic rings. The molecule has 5 heteroatoms. The van der Waals surface area contributed by atoms with Crippen LogP contribution in [0.25, 0.3) is 0 Å². The zero-order valence-corrected chi connectivity index (χ0v) is 11.5. The van der Waals surface area contributed by atoms with E-state index in [4.69, 9.17) is 4.74 Å². The van der Waals surface area contributed by atoms with Gasteiger partial charge in [-0.05, 0) is 44.4 Å². The van der Waals surface area contributed by atoms with Crippen molar-refractivity contribution in [3.63, 3.8) is 0 Å². The zero-order valence-electron chi connectivity index (χ0n) is 10.7. The van der Waals surface area contributed by atoms with E-state index in [1.807, 2.05) is 19.9 Å². The molecule has 100 valence electrons. The first-order chi connectivity index (χ1) is 8.47. The van der Waals surface area contributed by atoms with Crippen molar-refractivity contribution >= 4 is 10.0 Å². The van der Waals surface area contributed by atoms with Crippen LogP contribution in [0.2, 0.25) is 0 Å². The SMILES string of the molecule is CC(C)OCc1cccc(S(=O)(=O)NC2CC2)c1. The summed E-state index contributed by atoms with van der Waals surface area (Å²) in [5, 5.41) is 0. The first-order valence-electron chi connectivity index (χ1n) is 6.20. The van der Waals surface area contributed by atoms with E-state index >= 15 is 0 Å². The van der Waals surface area contributed by atoms with Gasteiger partial charge in [-0.3, -0.25) is 0 Å². The second-order valence-electron chi connectivity index (χ2n) is 4.90. The molecule has 1 fully saturated rings. The molecule has 4 nitrogen and oxygen atoms in total. The first-order valence-corrected chi connectivity index (χ1v) is 7.68. The minimum absolute atomic E-state index is 0.130. The van der Waals surface area contributed by atoms with Gasteiger partial charge < -0.3 is 4.74 Å². The number of rotatable bonds is 6. The van der Waals surface area contributed by atoms with E-state index in [0.29, 0.717) is 11.5 Å². The lowest BCUT2D eigenvalue weighted by Crippen LogP contribution is -2.25. The van der Waals surface area contributed by atoms with Gasteiger partial charge in [0.05, 0.1) is 17.6 Å². The third kappa shape index (κ3) is 3.80. The van der Waals surface area contributed by atoms with Gasteiger partial charge in [-0.1, -0.05) is 12.1 Å². The Hall–Kier alpha value is -0.910. The summed E-state index contributed by atoms with van der Waals surface area (Å²) in [6.07, 6.45) is 2.01. The molecule has 0 amide bonds. The Balaban J connectivity index is 2.10. The van der Waals surface area contributed by atoms with Crippen molar-refractivity contribution < 1.29 is 13.2 Å². The standard InChI is InChI=1S/C13H19NO3S/c1-10(2)17-9-11-4-3-5-13(8-11)18(15,16)14-12-6-7-12/h3-5,8,10,12,14H,6-7,9H2,1-2H3. The molecule has 0 saturated heterocycles. The van der Waals surface area contributed by atoms with Crippen LogP contribution in [0.3, 0.4) is 0 Å². The molecule has 0 bridgehead atoms. The third-order valence-electron chi connectivity index (χ3n) is 2.69. The molecule has 1 N–H and O–H groups in total. The van der Waals surface area contributed by atoms with Crippen LogP contribution in [-0.4, -0.2) is 20.6 Å². The van der Waals surface area contributed by atoms with Crippen molar-refractivity contribution in [2.75, 3.05) is 0 Å². The minimum atomic E-state index is -3.36. The fourth-order valence-electron chi connectivity index (χ4n) is 1.55. The largest absolute Gasteiger partial charge is 0.374 e. The Morgan fingerprint density at radius 1 is 1.39 bits per heavy atom. The molecule has 0 aliphatic heterocycles. The Morgan fingerprint density at radius 2 is 2.11 bits per heavy atom. The van der Waals surface area contributed by atoms with Crippen molar-refractivity contribution in [2.45, 2.75) is 50.3 Å². The van der Waals surface area contributed by atoms with Crippen LogP contribution in [0.15, 0.2) is 29.2 Å². The summed E-state index contributed by atoms with van der Waals surface area (Å²) in [5.41, 5.74) is 0.877. The van der Waals surface area contributed by atoms with Gasteiger partial charge in [0, 0.05) is 6.04 Å². The van der Waals surface area contributed by atoms with Crippen LogP contribution < -0.4 is 4.72 Å². The Morgan fingerprint density at radius 3 is 2.72 bits per heavy atom. The molecular weight excluding hydrogens is 250 g/mol. The van der Waals surface area contributed by atoms with Crippen LogP contribution in [0.5, 0.6) is 0 Å². The van der Waals surface area contributed by atoms with Crippen LogP contribution in [0.1, 0.15) is 32.3 Å². The van der Waals surface area contributed by atoms with Crippen molar-refractivity contribution in [3.05, 3.63) is 29.8 Å². The molecule has 1 saturated carbocycles. The predicted molar refractivity (Wildman–Crippen MR) is 69.7 cm³/mol. The Kier molecular flexibility index (Phi) is 4.04. The van der Waals surface area contributed by atoms with Gasteiger partial charge in [-0.2, -0.15) is 0 Å². The van der Waals surface area contributed by atoms with E-state index in [1.165, 1.54) is 0 Å². The highest BCUT2D eigenvalue weighted by atomic mass is 32.2. The fraction of sp³-hybridized carbons (Fsp3) is 0.538. The summed E-state index contributed by atoms with van der Waals surface area (Å²) in [6.45, 7) is 4.34. The van der Waals surface area contributed by atoms with Crippen LogP contribution >= 0.6 is 0 Å². The van der Waals surface area contributed by atoms with Crippen molar-refractivity contribution in [1.29, 1.82) is 0 Å². The molecule has 0 atom stereocenters. The van der Waals surface area contributed by atoms with E-state index < -0.39 is 10.0 Å². The van der Waals surface area contributed by atoms with Gasteiger partial charge in [-0.25, -0.2) is 13.1 Å². The normalized spacial score (nSPS) is 16.2. The summed E-state index contributed by atoms with van der Waals surface area (Å²) in [4.78, 5) is 0.319. The highest BCUT2D eigenvalue weighted by molar-refractivity contribution is 7.89. The molecule has 1 aliphatic rings. The Bertz CT molecular complexity index is 507. The highest BCUT2D eigenvalue weighted by Crippen LogP contribution is 2.22. The highest BCUT2D eigenvalue weighted by Gasteiger charge is 2.27. The summed E-state index contributed by atoms with van der Waals surface area (Å²) in [5.74, 6) is 0. The molecule has 0 unspecified atom stereocenters. The van der Waals surface area contributed by atoms with Gasteiger partial charge >= 0.3 is 0 Å². The molecule has 1 aliphatic carbocycles. The van der Waals surface area contributed by atoms with Gasteiger partial charge in [0.15, 0.2) is 0 Å². The van der Waals surface area contributed by atoms with Crippen molar-refractivity contribution in [3.8, 4) is 0 Å². The number of hydrogen-bond donors (Lipinski definition) is 1. The number of sulfonamides is 1. The summed E-state index contributed by atoms with van der Waals surface area (Å²) in [7, 11) is -3.36. The van der Waals surface area contributed by atoms with E-state index in [9.17, 15) is 8.42 Å². The molecule has 2 rings (SSSR count). The molecule has 18 heavy (non-hydrogen) atoms. The molecule has 0 aromatic heterocycles. The average molecular weight is 269 g/mol. The summed E-state index contributed by atoms with van der Waals surface area (Å²) >= 11 is 0. The third-order valence-corrected chi connectivity index (χ3v) is 4.21. The maximum absolute atomic E-state index is 12.0. The fourth-order valence-corrected chi connectivity index (χ4v) is 2.93. The van der Waals surface area contributed by atoms with Gasteiger partial charge in [-0.15, -0.1) is 0 Å². The van der Waals surface area contributed by atoms with Gasteiger partial charge in [0.2, 0.25) is 10.0 Å². The van der Waals surface area contributed by atoms with Crippen LogP contribution in [0, 0.1) is 0 Å². The second kappa shape index (κ2) is 5.38. The Labute approximate surface area is 108 Å². The number of ether oxygens (including phenoxy) is 1. The summed E-state index contributed by atoms with van der Waals surface area (Å²) in [6, 6.07) is 7.04. The lowest BCUT2D eigenvalue weighted by molar-refractivity contribution is 0.0656. The van der Waals surface area contributed by atoms with Gasteiger partial charge in [0.1, 0.15) is 0 Å². The maximum atomic E-state index is 12.0. The average Bonchev–Trinajstić information content (AvgIpc) is 3.10. The molecule has 1 aromatic carbocycles. The lowest BCUT2D eigenvalue weighted by atomic mass is 10.2. The lowest BCUT2D eigenvalue weighted by Gasteiger charge is -2.10. The van der Waals surface area contributed by atoms with E-state index in [-0.39, 0.29) is 12.1 Å². The van der Waals surface area contributed by atoms with Crippen molar-refractivity contribution in [1.82, 2.24) is 4.72 Å². The van der Waals surface area contributed by atoms with E-state index in [2.05, 4.69) is 4.72 Å². The van der Waals surface area contributed by atoms with E-state index in [0.717, 1.165) is 18.4 Å². The minimum Gasteiger partial charge on any atom is -0.374 e. The number of benzene rings is 1. The van der Waals surface area contributed by atoms with Crippen LogP contribution in [0.4, 0.5) is 0 Å². The maximum Gasteiger partial charge on any atom is 0.240 e. The van der Waals surface area contributed by atoms with E-state index in [1.54, 1.807) is 18.2 Å². The number of nitrogens with one attached hydrogen (secondary N) is 1. The molecular formula is C13H19NO3S. The monoisotopic (exact) mass is 269 g/mol. The second-order valence-corrected chi connectivity index (χ2v) is 6.62. The number of hydrogen-bond acceptors (Lipinski definition) is 3. The predicted octanol–water partition coefficient (Wildman–Crippen LogP) is 2.05. The topological polar surface area (TPSA) is 55.4 Å². The first kappa shape index (κ1) is 13.5.